The largest absolute Gasteiger partial charge is 0.512 e. The van der Waals surface area contributed by atoms with Crippen LogP contribution in [-0.2, 0) is 0 Å². The molecule has 18 heavy (non-hydrogen) atoms. The van der Waals surface area contributed by atoms with E-state index in [1.807, 2.05) is 0 Å². The van der Waals surface area contributed by atoms with Gasteiger partial charge in [0, 0.05) is 12.4 Å². The number of carbonyl (C=O) groups is 1. The van der Waals surface area contributed by atoms with Crippen molar-refractivity contribution >= 4 is 23.4 Å². The molecule has 0 spiro atoms. The molecule has 0 amide bonds. The highest BCUT2D eigenvalue weighted by atomic mass is 35.5. The van der Waals surface area contributed by atoms with E-state index in [0.29, 0.717) is 11.4 Å². The third-order valence-electron chi connectivity index (χ3n) is 1.97. The van der Waals surface area contributed by atoms with Gasteiger partial charge in [0.05, 0.1) is 17.6 Å². The Kier molecular flexibility index (Phi) is 3.24. The van der Waals surface area contributed by atoms with Gasteiger partial charge in [-0.3, -0.25) is 9.97 Å². The molecule has 0 radical (unpaired) electrons. The maximum Gasteiger partial charge on any atom is 0.512 e. The minimum Gasteiger partial charge on any atom is -0.449 e. The van der Waals surface area contributed by atoms with Gasteiger partial charge in [-0.1, -0.05) is 11.6 Å². The SMILES string of the molecule is Nc1cc(-c2cnccn2)nc(OC(=O)O)c1Cl. The molecule has 0 saturated carbocycles. The minimum absolute atomic E-state index is 0.0648. The lowest BCUT2D eigenvalue weighted by Crippen LogP contribution is -2.07. The summed E-state index contributed by atoms with van der Waals surface area (Å²) in [6.07, 6.45) is 2.90. The molecular weight excluding hydrogens is 260 g/mol. The van der Waals surface area contributed by atoms with Crippen molar-refractivity contribution in [2.24, 2.45) is 0 Å². The molecule has 0 saturated heterocycles. The zero-order valence-corrected chi connectivity index (χ0v) is 9.63. The van der Waals surface area contributed by atoms with Crippen molar-refractivity contribution in [3.63, 3.8) is 0 Å². The molecule has 8 heteroatoms. The quantitative estimate of drug-likeness (QED) is 0.798. The first kappa shape index (κ1) is 12.1. The zero-order valence-electron chi connectivity index (χ0n) is 8.87. The number of hydrogen-bond acceptors (Lipinski definition) is 6. The van der Waals surface area contributed by atoms with Crippen LogP contribution in [0.5, 0.6) is 5.88 Å². The molecule has 2 aromatic rings. The van der Waals surface area contributed by atoms with E-state index in [0.717, 1.165) is 0 Å². The topological polar surface area (TPSA) is 111 Å². The summed E-state index contributed by atoms with van der Waals surface area (Å²) in [4.78, 5) is 22.3. The lowest BCUT2D eigenvalue weighted by Gasteiger charge is -2.07. The first-order valence-electron chi connectivity index (χ1n) is 4.71. The van der Waals surface area contributed by atoms with Crippen molar-refractivity contribution in [1.82, 2.24) is 15.0 Å². The predicted octanol–water partition coefficient (Wildman–Crippen LogP) is 1.83. The standard InChI is InChI=1S/C10H7ClN4O3/c11-8-5(12)3-6(7-4-13-1-2-14-7)15-9(8)18-10(16)17/h1-4H,(H2,12,15)(H,16,17). The van der Waals surface area contributed by atoms with Crippen LogP contribution >= 0.6 is 11.6 Å². The van der Waals surface area contributed by atoms with E-state index in [1.54, 1.807) is 0 Å². The van der Waals surface area contributed by atoms with Gasteiger partial charge in [0.25, 0.3) is 0 Å². The molecule has 0 aliphatic carbocycles. The van der Waals surface area contributed by atoms with Crippen LogP contribution < -0.4 is 10.5 Å². The molecule has 0 fully saturated rings. The predicted molar refractivity (Wildman–Crippen MR) is 63.3 cm³/mol. The van der Waals surface area contributed by atoms with E-state index in [4.69, 9.17) is 22.4 Å². The maximum atomic E-state index is 10.5. The molecule has 0 aliphatic heterocycles. The summed E-state index contributed by atoms with van der Waals surface area (Å²) in [5.41, 5.74) is 6.53. The number of rotatable bonds is 2. The molecule has 3 N–H and O–H groups in total. The molecule has 0 atom stereocenters. The fourth-order valence-electron chi connectivity index (χ4n) is 1.24. The number of ether oxygens (including phenoxy) is 1. The molecule has 0 aromatic carbocycles. The first-order chi connectivity index (χ1) is 8.58. The summed E-state index contributed by atoms with van der Waals surface area (Å²) in [6.45, 7) is 0. The summed E-state index contributed by atoms with van der Waals surface area (Å²) < 4.78 is 4.43. The molecule has 0 unspecified atom stereocenters. The number of nitrogen functional groups attached to an aromatic ring is 1. The number of hydrogen-bond donors (Lipinski definition) is 2. The fourth-order valence-corrected chi connectivity index (χ4v) is 1.37. The molecule has 2 heterocycles. The monoisotopic (exact) mass is 266 g/mol. The van der Waals surface area contributed by atoms with E-state index in [2.05, 4.69) is 19.7 Å². The van der Waals surface area contributed by atoms with Crippen LogP contribution in [0.4, 0.5) is 10.5 Å². The highest BCUT2D eigenvalue weighted by Crippen LogP contribution is 2.31. The molecule has 2 aromatic heterocycles. The third kappa shape index (κ3) is 2.46. The molecular formula is C10H7ClN4O3. The van der Waals surface area contributed by atoms with Crippen LogP contribution in [0.25, 0.3) is 11.4 Å². The number of carboxylic acid groups (broad SMARTS) is 1. The van der Waals surface area contributed by atoms with E-state index >= 15 is 0 Å². The van der Waals surface area contributed by atoms with Gasteiger partial charge in [-0.25, -0.2) is 9.78 Å². The van der Waals surface area contributed by atoms with E-state index < -0.39 is 6.16 Å². The Bertz CT molecular complexity index is 591. The number of aromatic nitrogens is 3. The Labute approximate surface area is 106 Å². The van der Waals surface area contributed by atoms with E-state index in [1.165, 1.54) is 24.7 Å². The summed E-state index contributed by atoms with van der Waals surface area (Å²) in [7, 11) is 0. The van der Waals surface area contributed by atoms with E-state index in [-0.39, 0.29) is 16.6 Å². The van der Waals surface area contributed by atoms with Gasteiger partial charge in [-0.2, -0.15) is 0 Å². The zero-order chi connectivity index (χ0) is 13.1. The maximum absolute atomic E-state index is 10.5. The van der Waals surface area contributed by atoms with Crippen molar-refractivity contribution in [3.8, 4) is 17.3 Å². The van der Waals surface area contributed by atoms with Crippen molar-refractivity contribution in [1.29, 1.82) is 0 Å². The first-order valence-corrected chi connectivity index (χ1v) is 5.09. The van der Waals surface area contributed by atoms with Crippen LogP contribution in [0.15, 0.2) is 24.7 Å². The van der Waals surface area contributed by atoms with Crippen molar-refractivity contribution < 1.29 is 14.6 Å². The Morgan fingerprint density at radius 1 is 1.39 bits per heavy atom. The van der Waals surface area contributed by atoms with Crippen LogP contribution in [0.2, 0.25) is 5.02 Å². The average molecular weight is 267 g/mol. The number of pyridine rings is 1. The van der Waals surface area contributed by atoms with Crippen LogP contribution in [0, 0.1) is 0 Å². The molecule has 2 rings (SSSR count). The Hall–Kier alpha value is -2.41. The summed E-state index contributed by atoms with van der Waals surface area (Å²) >= 11 is 5.78. The van der Waals surface area contributed by atoms with Gasteiger partial charge in [0.15, 0.2) is 0 Å². The van der Waals surface area contributed by atoms with Gasteiger partial charge < -0.3 is 15.6 Å². The molecule has 92 valence electrons. The fraction of sp³-hybridized carbons (Fsp3) is 0. The average Bonchev–Trinajstić information content (AvgIpc) is 2.35. The Morgan fingerprint density at radius 2 is 2.17 bits per heavy atom. The highest BCUT2D eigenvalue weighted by molar-refractivity contribution is 6.34. The number of halogens is 1. The second-order valence-corrected chi connectivity index (χ2v) is 3.55. The Balaban J connectivity index is 2.51. The van der Waals surface area contributed by atoms with Crippen LogP contribution in [0.1, 0.15) is 0 Å². The summed E-state index contributed by atoms with van der Waals surface area (Å²) in [5.74, 6) is -0.287. The second-order valence-electron chi connectivity index (χ2n) is 3.17. The third-order valence-corrected chi connectivity index (χ3v) is 2.34. The second kappa shape index (κ2) is 4.84. The lowest BCUT2D eigenvalue weighted by atomic mass is 10.2. The van der Waals surface area contributed by atoms with Crippen molar-refractivity contribution in [3.05, 3.63) is 29.7 Å². The number of nitrogens with two attached hydrogens (primary N) is 1. The van der Waals surface area contributed by atoms with Gasteiger partial charge in [-0.05, 0) is 6.07 Å². The van der Waals surface area contributed by atoms with Gasteiger partial charge in [-0.15, -0.1) is 0 Å². The van der Waals surface area contributed by atoms with Gasteiger partial charge >= 0.3 is 6.16 Å². The smallest absolute Gasteiger partial charge is 0.449 e. The van der Waals surface area contributed by atoms with Crippen LogP contribution in [-0.4, -0.2) is 26.2 Å². The highest BCUT2D eigenvalue weighted by Gasteiger charge is 2.14. The lowest BCUT2D eigenvalue weighted by molar-refractivity contribution is 0.142. The Morgan fingerprint density at radius 3 is 2.78 bits per heavy atom. The van der Waals surface area contributed by atoms with Crippen molar-refractivity contribution in [2.45, 2.75) is 0 Å². The van der Waals surface area contributed by atoms with E-state index in [9.17, 15) is 4.79 Å². The molecule has 0 aliphatic rings. The summed E-state index contributed by atoms with van der Waals surface area (Å²) in [6, 6.07) is 1.46. The van der Waals surface area contributed by atoms with Crippen molar-refractivity contribution in [2.75, 3.05) is 5.73 Å². The number of nitrogens with zero attached hydrogens (tertiary/aromatic N) is 3. The minimum atomic E-state index is -1.53. The molecule has 7 nitrogen and oxygen atoms in total. The van der Waals surface area contributed by atoms with Gasteiger partial charge in [0.1, 0.15) is 10.7 Å². The normalized spacial score (nSPS) is 10.1. The van der Waals surface area contributed by atoms with Gasteiger partial charge in [0.2, 0.25) is 5.88 Å². The number of anilines is 1. The molecule has 0 bridgehead atoms. The van der Waals surface area contributed by atoms with Crippen LogP contribution in [0.3, 0.4) is 0 Å². The summed E-state index contributed by atoms with van der Waals surface area (Å²) in [5, 5.41) is 8.49.